The third-order valence-electron chi connectivity index (χ3n) is 2.63. The minimum absolute atomic E-state index is 0.107. The largest absolute Gasteiger partial charge is 0.411 e. The van der Waals surface area contributed by atoms with E-state index in [0.717, 1.165) is 5.69 Å². The number of nitrogens with one attached hydrogen (secondary N) is 1. The summed E-state index contributed by atoms with van der Waals surface area (Å²) in [5.41, 5.74) is 2.24. The monoisotopic (exact) mass is 275 g/mol. The van der Waals surface area contributed by atoms with E-state index in [4.69, 9.17) is 0 Å². The van der Waals surface area contributed by atoms with Crippen LogP contribution in [0.25, 0.3) is 0 Å². The first kappa shape index (κ1) is 15.8. The Morgan fingerprint density at radius 3 is 2.53 bits per heavy atom. The van der Waals surface area contributed by atoms with Crippen molar-refractivity contribution in [2.24, 2.45) is 0 Å². The van der Waals surface area contributed by atoms with Crippen LogP contribution >= 0.6 is 0 Å². The van der Waals surface area contributed by atoms with Crippen LogP contribution < -0.4 is 5.32 Å². The summed E-state index contributed by atoms with van der Waals surface area (Å²) in [4.78, 5) is 0. The molecule has 19 heavy (non-hydrogen) atoms. The van der Waals surface area contributed by atoms with Gasteiger partial charge in [0.25, 0.3) is 0 Å². The average molecular weight is 275 g/mol. The van der Waals surface area contributed by atoms with E-state index in [1.807, 2.05) is 24.3 Å². The second-order valence-corrected chi connectivity index (χ2v) is 4.69. The summed E-state index contributed by atoms with van der Waals surface area (Å²) in [6, 6.07) is 7.94. The van der Waals surface area contributed by atoms with Gasteiger partial charge in [-0.25, -0.2) is 0 Å². The fraction of sp³-hybridized carbons (Fsp3) is 0.571. The molecule has 0 aromatic heterocycles. The number of anilines is 1. The molecular weight excluding hydrogens is 255 g/mol. The highest BCUT2D eigenvalue weighted by Crippen LogP contribution is 2.23. The lowest BCUT2D eigenvalue weighted by Gasteiger charge is -2.14. The summed E-state index contributed by atoms with van der Waals surface area (Å²) < 4.78 is 40.0. The Hall–Kier alpha value is -1.23. The van der Waals surface area contributed by atoms with Gasteiger partial charge in [0, 0.05) is 18.8 Å². The minimum atomic E-state index is -4.24. The molecule has 1 rings (SSSR count). The highest BCUT2D eigenvalue weighted by Gasteiger charge is 2.27. The van der Waals surface area contributed by atoms with Crippen LogP contribution in [0.5, 0.6) is 0 Å². The van der Waals surface area contributed by atoms with Crippen LogP contribution in [0.2, 0.25) is 0 Å². The molecule has 1 aromatic rings. The molecule has 0 fully saturated rings. The molecule has 0 unspecified atom stereocenters. The Morgan fingerprint density at radius 1 is 1.21 bits per heavy atom. The summed E-state index contributed by atoms with van der Waals surface area (Å²) in [6.07, 6.45) is -3.69. The van der Waals surface area contributed by atoms with Gasteiger partial charge in [0.2, 0.25) is 0 Å². The maximum atomic E-state index is 11.8. The molecule has 0 spiro atoms. The van der Waals surface area contributed by atoms with Gasteiger partial charge in [0.05, 0.1) is 0 Å². The molecule has 0 saturated carbocycles. The van der Waals surface area contributed by atoms with E-state index >= 15 is 0 Å². The van der Waals surface area contributed by atoms with Crippen molar-refractivity contribution in [1.29, 1.82) is 0 Å². The lowest BCUT2D eigenvalue weighted by molar-refractivity contribution is -0.173. The number of hydrogen-bond acceptors (Lipinski definition) is 2. The third-order valence-corrected chi connectivity index (χ3v) is 2.63. The van der Waals surface area contributed by atoms with Gasteiger partial charge < -0.3 is 10.1 Å². The lowest BCUT2D eigenvalue weighted by Crippen LogP contribution is -2.18. The first-order valence-electron chi connectivity index (χ1n) is 6.37. The van der Waals surface area contributed by atoms with Crippen molar-refractivity contribution in [3.05, 3.63) is 29.8 Å². The summed E-state index contributed by atoms with van der Waals surface area (Å²) in [7, 11) is 0. The molecule has 0 radical (unpaired) electrons. The highest BCUT2D eigenvalue weighted by molar-refractivity contribution is 5.52. The van der Waals surface area contributed by atoms with Crippen LogP contribution in [0.15, 0.2) is 24.3 Å². The van der Waals surface area contributed by atoms with Gasteiger partial charge in [-0.1, -0.05) is 32.0 Å². The van der Waals surface area contributed by atoms with Gasteiger partial charge in [0.1, 0.15) is 6.61 Å². The third kappa shape index (κ3) is 6.47. The van der Waals surface area contributed by atoms with Crippen LogP contribution in [0.1, 0.15) is 31.7 Å². The van der Waals surface area contributed by atoms with Crippen molar-refractivity contribution in [1.82, 2.24) is 0 Å². The molecule has 0 aliphatic carbocycles. The summed E-state index contributed by atoms with van der Waals surface area (Å²) >= 11 is 0. The van der Waals surface area contributed by atoms with E-state index in [2.05, 4.69) is 23.9 Å². The molecule has 0 heterocycles. The summed E-state index contributed by atoms with van der Waals surface area (Å²) in [6.45, 7) is 3.74. The molecule has 1 aromatic carbocycles. The number of benzene rings is 1. The smallest absolute Gasteiger partial charge is 0.385 e. The molecule has 108 valence electrons. The first-order valence-corrected chi connectivity index (χ1v) is 6.37. The second kappa shape index (κ2) is 7.38. The molecule has 0 aliphatic rings. The van der Waals surface area contributed by atoms with Crippen LogP contribution in [-0.4, -0.2) is 25.9 Å². The molecular formula is C14H20F3NO. The number of para-hydroxylation sites is 1. The van der Waals surface area contributed by atoms with Crippen molar-refractivity contribution in [2.45, 2.75) is 32.4 Å². The molecule has 0 saturated heterocycles. The number of rotatable bonds is 7. The normalized spacial score (nSPS) is 11.9. The van der Waals surface area contributed by atoms with E-state index in [1.165, 1.54) is 5.56 Å². The quantitative estimate of drug-likeness (QED) is 0.753. The molecule has 1 N–H and O–H groups in total. The number of halogens is 3. The number of ether oxygens (including phenoxy) is 1. The van der Waals surface area contributed by atoms with Crippen molar-refractivity contribution in [3.63, 3.8) is 0 Å². The number of hydrogen-bond donors (Lipinski definition) is 1. The van der Waals surface area contributed by atoms with Crippen molar-refractivity contribution in [2.75, 3.05) is 25.1 Å². The average Bonchev–Trinajstić information content (AvgIpc) is 2.32. The van der Waals surface area contributed by atoms with Gasteiger partial charge in [-0.2, -0.15) is 13.2 Å². The highest BCUT2D eigenvalue weighted by atomic mass is 19.4. The van der Waals surface area contributed by atoms with Gasteiger partial charge in [-0.3, -0.25) is 0 Å². The van der Waals surface area contributed by atoms with Crippen molar-refractivity contribution >= 4 is 5.69 Å². The number of alkyl halides is 3. The van der Waals surface area contributed by atoms with Gasteiger partial charge in [-0.15, -0.1) is 0 Å². The fourth-order valence-electron chi connectivity index (χ4n) is 1.75. The molecule has 0 bridgehead atoms. The van der Waals surface area contributed by atoms with E-state index in [0.29, 0.717) is 18.9 Å². The SMILES string of the molecule is CC(C)c1ccccc1NCCCOCC(F)(F)F. The predicted molar refractivity (Wildman–Crippen MR) is 70.5 cm³/mol. The predicted octanol–water partition coefficient (Wildman–Crippen LogP) is 4.19. The zero-order chi connectivity index (χ0) is 14.3. The van der Waals surface area contributed by atoms with Crippen LogP contribution in [0.3, 0.4) is 0 Å². The summed E-state index contributed by atoms with van der Waals surface area (Å²) in [5, 5.41) is 3.23. The molecule has 2 nitrogen and oxygen atoms in total. The Kier molecular flexibility index (Phi) is 6.15. The Balaban J connectivity index is 2.26. The lowest BCUT2D eigenvalue weighted by atomic mass is 10.0. The maximum Gasteiger partial charge on any atom is 0.411 e. The minimum Gasteiger partial charge on any atom is -0.385 e. The van der Waals surface area contributed by atoms with Crippen molar-refractivity contribution in [3.8, 4) is 0 Å². The van der Waals surface area contributed by atoms with Crippen molar-refractivity contribution < 1.29 is 17.9 Å². The Bertz CT molecular complexity index is 377. The Morgan fingerprint density at radius 2 is 1.89 bits per heavy atom. The maximum absolute atomic E-state index is 11.8. The van der Waals surface area contributed by atoms with E-state index in [1.54, 1.807) is 0 Å². The van der Waals surface area contributed by atoms with Crippen LogP contribution in [0.4, 0.5) is 18.9 Å². The molecule has 0 aliphatic heterocycles. The molecule has 0 amide bonds. The topological polar surface area (TPSA) is 21.3 Å². The zero-order valence-electron chi connectivity index (χ0n) is 11.3. The van der Waals surface area contributed by atoms with E-state index in [9.17, 15) is 13.2 Å². The van der Waals surface area contributed by atoms with E-state index < -0.39 is 12.8 Å². The second-order valence-electron chi connectivity index (χ2n) is 4.69. The van der Waals surface area contributed by atoms with E-state index in [-0.39, 0.29) is 6.61 Å². The van der Waals surface area contributed by atoms with Gasteiger partial charge in [-0.05, 0) is 24.0 Å². The fourth-order valence-corrected chi connectivity index (χ4v) is 1.75. The van der Waals surface area contributed by atoms with Gasteiger partial charge in [0.15, 0.2) is 0 Å². The van der Waals surface area contributed by atoms with Crippen LogP contribution in [0, 0.1) is 0 Å². The molecule has 0 atom stereocenters. The first-order chi connectivity index (χ1) is 8.90. The summed E-state index contributed by atoms with van der Waals surface area (Å²) in [5.74, 6) is 0.408. The van der Waals surface area contributed by atoms with Gasteiger partial charge >= 0.3 is 6.18 Å². The standard InChI is InChI=1S/C14H20F3NO/c1-11(2)12-6-3-4-7-13(12)18-8-5-9-19-10-14(15,16)17/h3-4,6-7,11,18H,5,8-10H2,1-2H3. The van der Waals surface area contributed by atoms with Crippen LogP contribution in [-0.2, 0) is 4.74 Å². The molecule has 5 heteroatoms. The Labute approximate surface area is 112 Å². The zero-order valence-corrected chi connectivity index (χ0v) is 11.3.